The number of aliphatic hydroxyl groups excluding tert-OH is 2. The van der Waals surface area contributed by atoms with Crippen molar-refractivity contribution in [2.24, 2.45) is 5.41 Å². The third-order valence-electron chi connectivity index (χ3n) is 2.64. The summed E-state index contributed by atoms with van der Waals surface area (Å²) in [5.74, 6) is 0. The van der Waals surface area contributed by atoms with Crippen molar-refractivity contribution in [1.29, 1.82) is 0 Å². The van der Waals surface area contributed by atoms with Crippen LogP contribution in [0.4, 0.5) is 0 Å². The van der Waals surface area contributed by atoms with Gasteiger partial charge >= 0.3 is 0 Å². The Morgan fingerprint density at radius 3 is 2.60 bits per heavy atom. The van der Waals surface area contributed by atoms with Gasteiger partial charge in [-0.1, -0.05) is 19.8 Å². The van der Waals surface area contributed by atoms with Gasteiger partial charge in [0, 0.05) is 5.41 Å². The van der Waals surface area contributed by atoms with Gasteiger partial charge in [-0.15, -0.1) is 0 Å². The van der Waals surface area contributed by atoms with Gasteiger partial charge in [0.2, 0.25) is 0 Å². The molecule has 0 aromatic rings. The van der Waals surface area contributed by atoms with E-state index in [-0.39, 0.29) is 18.1 Å². The molecule has 0 spiro atoms. The van der Waals surface area contributed by atoms with Crippen LogP contribution in [0.5, 0.6) is 0 Å². The quantitative estimate of drug-likeness (QED) is 0.574. The van der Waals surface area contributed by atoms with E-state index in [1.807, 2.05) is 6.92 Å². The van der Waals surface area contributed by atoms with Crippen LogP contribution < -0.4 is 0 Å². The molecule has 0 heterocycles. The fraction of sp³-hybridized carbons (Fsp3) is 1.00. The van der Waals surface area contributed by atoms with E-state index in [0.29, 0.717) is 0 Å². The van der Waals surface area contributed by atoms with Gasteiger partial charge < -0.3 is 10.2 Å². The maximum Gasteiger partial charge on any atom is 0.0615 e. The lowest BCUT2D eigenvalue weighted by molar-refractivity contribution is -0.0348. The standard InChI is InChI=1S/C8H16O2/c1-8(6-9)5-3-2-4-7(8)10/h7,9-10H,2-6H2,1H3. The molecule has 1 aliphatic carbocycles. The number of rotatable bonds is 1. The Kier molecular flexibility index (Phi) is 2.32. The lowest BCUT2D eigenvalue weighted by Gasteiger charge is -2.36. The predicted molar refractivity (Wildman–Crippen MR) is 39.7 cm³/mol. The smallest absolute Gasteiger partial charge is 0.0615 e. The van der Waals surface area contributed by atoms with Crippen molar-refractivity contribution in [3.05, 3.63) is 0 Å². The van der Waals surface area contributed by atoms with Crippen molar-refractivity contribution in [2.75, 3.05) is 6.61 Å². The summed E-state index contributed by atoms with van der Waals surface area (Å²) in [7, 11) is 0. The molecule has 1 rings (SSSR count). The first-order valence-corrected chi connectivity index (χ1v) is 3.98. The second-order valence-electron chi connectivity index (χ2n) is 3.57. The zero-order chi connectivity index (χ0) is 7.61. The number of hydrogen-bond donors (Lipinski definition) is 2. The van der Waals surface area contributed by atoms with E-state index in [2.05, 4.69) is 0 Å². The van der Waals surface area contributed by atoms with Crippen LogP contribution in [-0.2, 0) is 0 Å². The van der Waals surface area contributed by atoms with Crippen molar-refractivity contribution < 1.29 is 10.2 Å². The van der Waals surface area contributed by atoms with E-state index in [4.69, 9.17) is 5.11 Å². The van der Waals surface area contributed by atoms with Gasteiger partial charge in [-0.3, -0.25) is 0 Å². The van der Waals surface area contributed by atoms with E-state index in [9.17, 15) is 5.11 Å². The summed E-state index contributed by atoms with van der Waals surface area (Å²) in [6.07, 6.45) is 3.79. The molecule has 0 saturated heterocycles. The zero-order valence-corrected chi connectivity index (χ0v) is 6.51. The topological polar surface area (TPSA) is 40.5 Å². The lowest BCUT2D eigenvalue weighted by Crippen LogP contribution is -2.38. The number of hydrogen-bond acceptors (Lipinski definition) is 2. The molecule has 60 valence electrons. The van der Waals surface area contributed by atoms with Gasteiger partial charge in [-0.2, -0.15) is 0 Å². The minimum absolute atomic E-state index is 0.119. The molecule has 0 aliphatic heterocycles. The average molecular weight is 144 g/mol. The van der Waals surface area contributed by atoms with Crippen molar-refractivity contribution >= 4 is 0 Å². The summed E-state index contributed by atoms with van der Waals surface area (Å²) in [6, 6.07) is 0. The highest BCUT2D eigenvalue weighted by Gasteiger charge is 2.34. The Morgan fingerprint density at radius 1 is 1.50 bits per heavy atom. The second-order valence-corrected chi connectivity index (χ2v) is 3.57. The summed E-state index contributed by atoms with van der Waals surface area (Å²) >= 11 is 0. The van der Waals surface area contributed by atoms with Gasteiger partial charge in [-0.25, -0.2) is 0 Å². The van der Waals surface area contributed by atoms with Gasteiger partial charge in [0.25, 0.3) is 0 Å². The monoisotopic (exact) mass is 144 g/mol. The molecule has 1 saturated carbocycles. The molecule has 0 aromatic heterocycles. The molecular weight excluding hydrogens is 128 g/mol. The largest absolute Gasteiger partial charge is 0.396 e. The van der Waals surface area contributed by atoms with E-state index in [0.717, 1.165) is 25.7 Å². The summed E-state index contributed by atoms with van der Waals surface area (Å²) in [4.78, 5) is 0. The molecule has 0 radical (unpaired) electrons. The maximum absolute atomic E-state index is 9.47. The van der Waals surface area contributed by atoms with E-state index < -0.39 is 0 Å². The van der Waals surface area contributed by atoms with Crippen LogP contribution in [-0.4, -0.2) is 22.9 Å². The molecule has 0 amide bonds. The average Bonchev–Trinajstić information content (AvgIpc) is 1.96. The Morgan fingerprint density at radius 2 is 2.20 bits per heavy atom. The maximum atomic E-state index is 9.47. The van der Waals surface area contributed by atoms with Crippen LogP contribution in [0, 0.1) is 5.41 Å². The molecule has 0 bridgehead atoms. The fourth-order valence-corrected chi connectivity index (χ4v) is 1.57. The van der Waals surface area contributed by atoms with Crippen LogP contribution in [0.3, 0.4) is 0 Å². The molecule has 1 fully saturated rings. The first-order chi connectivity index (χ1) is 4.69. The second kappa shape index (κ2) is 2.89. The molecular formula is C8H16O2. The van der Waals surface area contributed by atoms with Crippen LogP contribution in [0.1, 0.15) is 32.6 Å². The molecule has 2 atom stereocenters. The van der Waals surface area contributed by atoms with Crippen LogP contribution in [0.2, 0.25) is 0 Å². The van der Waals surface area contributed by atoms with Crippen molar-refractivity contribution in [1.82, 2.24) is 0 Å². The van der Waals surface area contributed by atoms with Crippen molar-refractivity contribution in [2.45, 2.75) is 38.7 Å². The van der Waals surface area contributed by atoms with E-state index in [1.54, 1.807) is 0 Å². The minimum Gasteiger partial charge on any atom is -0.396 e. The highest BCUT2D eigenvalue weighted by Crippen LogP contribution is 2.35. The van der Waals surface area contributed by atoms with Crippen molar-refractivity contribution in [3.8, 4) is 0 Å². The van der Waals surface area contributed by atoms with Gasteiger partial charge in [0.1, 0.15) is 0 Å². The zero-order valence-electron chi connectivity index (χ0n) is 6.51. The fourth-order valence-electron chi connectivity index (χ4n) is 1.57. The summed E-state index contributed by atoms with van der Waals surface area (Å²) in [5, 5.41) is 18.4. The third-order valence-corrected chi connectivity index (χ3v) is 2.64. The predicted octanol–water partition coefficient (Wildman–Crippen LogP) is 0.920. The molecule has 2 nitrogen and oxygen atoms in total. The van der Waals surface area contributed by atoms with Crippen LogP contribution in [0.25, 0.3) is 0 Å². The van der Waals surface area contributed by atoms with E-state index >= 15 is 0 Å². The highest BCUT2D eigenvalue weighted by molar-refractivity contribution is 4.85. The van der Waals surface area contributed by atoms with Gasteiger partial charge in [-0.05, 0) is 12.8 Å². The third kappa shape index (κ3) is 1.32. The molecule has 2 N–H and O–H groups in total. The van der Waals surface area contributed by atoms with Gasteiger partial charge in [0.15, 0.2) is 0 Å². The van der Waals surface area contributed by atoms with Crippen LogP contribution >= 0.6 is 0 Å². The molecule has 1 aliphatic rings. The molecule has 10 heavy (non-hydrogen) atoms. The van der Waals surface area contributed by atoms with Crippen molar-refractivity contribution in [3.63, 3.8) is 0 Å². The highest BCUT2D eigenvalue weighted by atomic mass is 16.3. The summed E-state index contributed by atoms with van der Waals surface area (Å²) in [5.41, 5.74) is -0.210. The Hall–Kier alpha value is -0.0800. The Bertz CT molecular complexity index is 114. The number of aliphatic hydroxyl groups is 2. The first kappa shape index (κ1) is 8.02. The Labute approximate surface area is 61.9 Å². The Balaban J connectivity index is 2.54. The molecule has 0 aromatic carbocycles. The van der Waals surface area contributed by atoms with Gasteiger partial charge in [0.05, 0.1) is 12.7 Å². The summed E-state index contributed by atoms with van der Waals surface area (Å²) in [6.45, 7) is 2.07. The first-order valence-electron chi connectivity index (χ1n) is 3.98. The lowest BCUT2D eigenvalue weighted by atomic mass is 9.74. The van der Waals surface area contributed by atoms with Crippen LogP contribution in [0.15, 0.2) is 0 Å². The molecule has 2 unspecified atom stereocenters. The minimum atomic E-state index is -0.286. The van der Waals surface area contributed by atoms with E-state index in [1.165, 1.54) is 0 Å². The summed E-state index contributed by atoms with van der Waals surface area (Å²) < 4.78 is 0. The molecule has 2 heteroatoms. The SMILES string of the molecule is CC1(CO)CCCCC1O. The normalized spacial score (nSPS) is 41.7.